The van der Waals surface area contributed by atoms with Crippen LogP contribution in [0, 0.1) is 0 Å². The molecule has 1 N–H and O–H groups in total. The molecule has 0 spiro atoms. The highest BCUT2D eigenvalue weighted by molar-refractivity contribution is 5.59. The summed E-state index contributed by atoms with van der Waals surface area (Å²) in [4.78, 5) is 8.63. The summed E-state index contributed by atoms with van der Waals surface area (Å²) in [6.07, 6.45) is 3.88. The predicted octanol–water partition coefficient (Wildman–Crippen LogP) is 1.95. The molecule has 1 atom stereocenters. The zero-order chi connectivity index (χ0) is 13.1. The van der Waals surface area contributed by atoms with E-state index in [1.165, 1.54) is 0 Å². The van der Waals surface area contributed by atoms with Crippen molar-refractivity contribution >= 4 is 0 Å². The molecule has 100 valence electrons. The first-order chi connectivity index (χ1) is 9.38. The number of hydrogen-bond donors (Lipinski definition) is 1. The molecule has 0 amide bonds. The van der Waals surface area contributed by atoms with Crippen LogP contribution in [0.15, 0.2) is 22.9 Å². The zero-order valence-corrected chi connectivity index (χ0v) is 10.8. The Labute approximate surface area is 111 Å². The van der Waals surface area contributed by atoms with Crippen LogP contribution in [-0.4, -0.2) is 28.3 Å². The third-order valence-corrected chi connectivity index (χ3v) is 3.10. The van der Waals surface area contributed by atoms with Gasteiger partial charge in [0.25, 0.3) is 5.89 Å². The van der Waals surface area contributed by atoms with Crippen molar-refractivity contribution in [1.82, 2.24) is 20.4 Å². The van der Waals surface area contributed by atoms with Crippen molar-refractivity contribution < 1.29 is 9.26 Å². The second kappa shape index (κ2) is 5.36. The molecule has 0 saturated carbocycles. The van der Waals surface area contributed by atoms with Crippen LogP contribution >= 0.6 is 0 Å². The molecule has 6 nitrogen and oxygen atoms in total. The third kappa shape index (κ3) is 2.44. The quantitative estimate of drug-likeness (QED) is 0.905. The number of pyridine rings is 1. The van der Waals surface area contributed by atoms with Gasteiger partial charge in [-0.05, 0) is 38.4 Å². The van der Waals surface area contributed by atoms with Crippen LogP contribution in [0.5, 0.6) is 5.88 Å². The number of nitrogens with zero attached hydrogens (tertiary/aromatic N) is 3. The standard InChI is InChI=1S/C13H16N4O2/c1-2-18-12-9(5-3-8-15-12)13-16-11(17-19-13)10-6-4-7-14-10/h3,5,8,10,14H,2,4,6-7H2,1H3. The van der Waals surface area contributed by atoms with Crippen molar-refractivity contribution in [3.05, 3.63) is 24.2 Å². The lowest BCUT2D eigenvalue weighted by molar-refractivity contribution is 0.326. The van der Waals surface area contributed by atoms with E-state index in [1.54, 1.807) is 6.20 Å². The molecule has 1 aliphatic rings. The summed E-state index contributed by atoms with van der Waals surface area (Å²) in [5, 5.41) is 7.39. The van der Waals surface area contributed by atoms with E-state index in [9.17, 15) is 0 Å². The lowest BCUT2D eigenvalue weighted by Gasteiger charge is -2.04. The maximum Gasteiger partial charge on any atom is 0.263 e. The largest absolute Gasteiger partial charge is 0.477 e. The Morgan fingerprint density at radius 3 is 3.26 bits per heavy atom. The lowest BCUT2D eigenvalue weighted by Crippen LogP contribution is -2.14. The van der Waals surface area contributed by atoms with Gasteiger partial charge in [-0.1, -0.05) is 5.16 Å². The zero-order valence-electron chi connectivity index (χ0n) is 10.8. The predicted molar refractivity (Wildman–Crippen MR) is 68.7 cm³/mol. The highest BCUT2D eigenvalue weighted by Crippen LogP contribution is 2.28. The van der Waals surface area contributed by atoms with Crippen molar-refractivity contribution in [2.75, 3.05) is 13.2 Å². The Balaban J connectivity index is 1.89. The summed E-state index contributed by atoms with van der Waals surface area (Å²) in [5.74, 6) is 1.69. The summed E-state index contributed by atoms with van der Waals surface area (Å²) < 4.78 is 10.8. The van der Waals surface area contributed by atoms with Crippen LogP contribution in [0.1, 0.15) is 31.6 Å². The van der Waals surface area contributed by atoms with Crippen molar-refractivity contribution in [2.45, 2.75) is 25.8 Å². The van der Waals surface area contributed by atoms with E-state index in [2.05, 4.69) is 20.4 Å². The Hall–Kier alpha value is -1.95. The molecule has 0 bridgehead atoms. The van der Waals surface area contributed by atoms with E-state index < -0.39 is 0 Å². The van der Waals surface area contributed by atoms with E-state index in [0.717, 1.165) is 24.9 Å². The van der Waals surface area contributed by atoms with Crippen LogP contribution in [0.3, 0.4) is 0 Å². The van der Waals surface area contributed by atoms with Gasteiger partial charge in [0.1, 0.15) is 5.56 Å². The lowest BCUT2D eigenvalue weighted by atomic mass is 10.2. The van der Waals surface area contributed by atoms with Gasteiger partial charge in [0.05, 0.1) is 12.6 Å². The fraction of sp³-hybridized carbons (Fsp3) is 0.462. The van der Waals surface area contributed by atoms with Crippen molar-refractivity contribution in [2.24, 2.45) is 0 Å². The van der Waals surface area contributed by atoms with E-state index in [1.807, 2.05) is 19.1 Å². The highest BCUT2D eigenvalue weighted by Gasteiger charge is 2.23. The number of ether oxygens (including phenoxy) is 1. The van der Waals surface area contributed by atoms with Crippen molar-refractivity contribution in [1.29, 1.82) is 0 Å². The molecule has 3 heterocycles. The van der Waals surface area contributed by atoms with Crippen molar-refractivity contribution in [3.8, 4) is 17.3 Å². The molecule has 0 radical (unpaired) electrons. The number of nitrogens with one attached hydrogen (secondary N) is 1. The molecule has 3 rings (SSSR count). The van der Waals surface area contributed by atoms with Crippen LogP contribution in [0.4, 0.5) is 0 Å². The SMILES string of the molecule is CCOc1ncccc1-c1nc(C2CCCN2)no1. The summed E-state index contributed by atoms with van der Waals surface area (Å²) in [6.45, 7) is 3.47. The van der Waals surface area contributed by atoms with Gasteiger partial charge in [-0.15, -0.1) is 0 Å². The summed E-state index contributed by atoms with van der Waals surface area (Å²) in [7, 11) is 0. The topological polar surface area (TPSA) is 73.1 Å². The minimum atomic E-state index is 0.199. The second-order valence-electron chi connectivity index (χ2n) is 4.40. The van der Waals surface area contributed by atoms with Crippen LogP contribution < -0.4 is 10.1 Å². The van der Waals surface area contributed by atoms with Gasteiger partial charge in [-0.3, -0.25) is 0 Å². The maximum absolute atomic E-state index is 5.47. The molecular formula is C13H16N4O2. The molecule has 1 aliphatic heterocycles. The summed E-state index contributed by atoms with van der Waals surface area (Å²) in [5.41, 5.74) is 0.737. The van der Waals surface area contributed by atoms with Gasteiger partial charge in [0.2, 0.25) is 5.88 Å². The number of aromatic nitrogens is 3. The van der Waals surface area contributed by atoms with E-state index in [-0.39, 0.29) is 6.04 Å². The first kappa shape index (κ1) is 12.1. The molecule has 2 aromatic rings. The number of hydrogen-bond acceptors (Lipinski definition) is 6. The first-order valence-corrected chi connectivity index (χ1v) is 6.53. The molecule has 1 fully saturated rings. The Kier molecular flexibility index (Phi) is 3.41. The van der Waals surface area contributed by atoms with Crippen molar-refractivity contribution in [3.63, 3.8) is 0 Å². The first-order valence-electron chi connectivity index (χ1n) is 6.53. The fourth-order valence-corrected chi connectivity index (χ4v) is 2.20. The van der Waals surface area contributed by atoms with Gasteiger partial charge in [0, 0.05) is 6.20 Å². The van der Waals surface area contributed by atoms with Gasteiger partial charge in [-0.25, -0.2) is 4.98 Å². The minimum absolute atomic E-state index is 0.199. The second-order valence-corrected chi connectivity index (χ2v) is 4.40. The minimum Gasteiger partial charge on any atom is -0.477 e. The van der Waals surface area contributed by atoms with Gasteiger partial charge in [-0.2, -0.15) is 4.98 Å². The molecule has 1 saturated heterocycles. The molecule has 6 heteroatoms. The monoisotopic (exact) mass is 260 g/mol. The Morgan fingerprint density at radius 1 is 1.53 bits per heavy atom. The van der Waals surface area contributed by atoms with E-state index in [4.69, 9.17) is 9.26 Å². The smallest absolute Gasteiger partial charge is 0.263 e. The van der Waals surface area contributed by atoms with Gasteiger partial charge in [0.15, 0.2) is 5.82 Å². The summed E-state index contributed by atoms with van der Waals surface area (Å²) >= 11 is 0. The number of rotatable bonds is 4. The molecule has 1 unspecified atom stereocenters. The maximum atomic E-state index is 5.47. The van der Waals surface area contributed by atoms with Crippen LogP contribution in [0.2, 0.25) is 0 Å². The fourth-order valence-electron chi connectivity index (χ4n) is 2.20. The van der Waals surface area contributed by atoms with E-state index >= 15 is 0 Å². The molecule has 19 heavy (non-hydrogen) atoms. The van der Waals surface area contributed by atoms with Gasteiger partial charge < -0.3 is 14.6 Å². The molecule has 0 aliphatic carbocycles. The Bertz CT molecular complexity index is 549. The Morgan fingerprint density at radius 2 is 2.47 bits per heavy atom. The highest BCUT2D eigenvalue weighted by atomic mass is 16.5. The van der Waals surface area contributed by atoms with E-state index in [0.29, 0.717) is 24.2 Å². The average molecular weight is 260 g/mol. The van der Waals surface area contributed by atoms with Crippen LogP contribution in [0.25, 0.3) is 11.5 Å². The summed E-state index contributed by atoms with van der Waals surface area (Å²) in [6, 6.07) is 3.90. The van der Waals surface area contributed by atoms with Gasteiger partial charge >= 0.3 is 0 Å². The average Bonchev–Trinajstić information content (AvgIpc) is 3.11. The van der Waals surface area contributed by atoms with Crippen LogP contribution in [-0.2, 0) is 0 Å². The normalized spacial score (nSPS) is 18.7. The third-order valence-electron chi connectivity index (χ3n) is 3.10. The molecule has 0 aromatic carbocycles. The molecular weight excluding hydrogens is 244 g/mol. The molecule has 2 aromatic heterocycles.